The maximum Gasteiger partial charge on any atom is 0.350 e. The van der Waals surface area contributed by atoms with E-state index in [1.807, 2.05) is 0 Å². The van der Waals surface area contributed by atoms with Gasteiger partial charge < -0.3 is 9.42 Å². The zero-order valence-corrected chi connectivity index (χ0v) is 17.9. The highest BCUT2D eigenvalue weighted by molar-refractivity contribution is 6.30. The summed E-state index contributed by atoms with van der Waals surface area (Å²) in [6.45, 7) is 2.56. The van der Waals surface area contributed by atoms with Crippen molar-refractivity contribution in [3.05, 3.63) is 58.1 Å². The molecule has 0 aliphatic rings. The molecule has 160 valence electrons. The number of likely N-dealkylation sites (N-methyl/N-ethyl adjacent to an activating group) is 1. The van der Waals surface area contributed by atoms with Crippen LogP contribution < -0.4 is 5.69 Å². The van der Waals surface area contributed by atoms with E-state index in [0.717, 1.165) is 23.1 Å². The quantitative estimate of drug-likeness (QED) is 0.438. The zero-order chi connectivity index (χ0) is 22.0. The number of hydrogen-bond donors (Lipinski definition) is 0. The van der Waals surface area contributed by atoms with Gasteiger partial charge in [-0.25, -0.2) is 13.9 Å². The Labute approximate surface area is 182 Å². The Kier molecular flexibility index (Phi) is 5.85. The first-order valence-corrected chi connectivity index (χ1v) is 10.3. The van der Waals surface area contributed by atoms with Gasteiger partial charge in [-0.1, -0.05) is 30.1 Å². The lowest BCUT2D eigenvalue weighted by Crippen LogP contribution is -2.34. The minimum absolute atomic E-state index is 0.139. The van der Waals surface area contributed by atoms with E-state index in [1.54, 1.807) is 54.5 Å². The van der Waals surface area contributed by atoms with Crippen molar-refractivity contribution in [1.29, 1.82) is 0 Å². The molecule has 0 saturated carbocycles. The van der Waals surface area contributed by atoms with Gasteiger partial charge in [-0.05, 0) is 42.8 Å². The number of halogens is 1. The van der Waals surface area contributed by atoms with Gasteiger partial charge in [-0.3, -0.25) is 4.79 Å². The molecule has 0 radical (unpaired) electrons. The van der Waals surface area contributed by atoms with Crippen molar-refractivity contribution in [2.45, 2.75) is 26.3 Å². The average Bonchev–Trinajstić information content (AvgIpc) is 3.38. The summed E-state index contributed by atoms with van der Waals surface area (Å²) >= 11 is 5.93. The number of nitrogens with zero attached hydrogens (tertiary/aromatic N) is 6. The van der Waals surface area contributed by atoms with Crippen LogP contribution in [0.2, 0.25) is 5.02 Å². The Hall–Kier alpha value is -3.46. The van der Waals surface area contributed by atoms with Gasteiger partial charge in [0.25, 0.3) is 5.89 Å². The summed E-state index contributed by atoms with van der Waals surface area (Å²) in [6, 6.07) is 10.5. The molecule has 0 bridgehead atoms. The van der Waals surface area contributed by atoms with Gasteiger partial charge in [0.15, 0.2) is 5.65 Å². The van der Waals surface area contributed by atoms with Crippen molar-refractivity contribution in [3.63, 3.8) is 0 Å². The molecule has 3 heterocycles. The van der Waals surface area contributed by atoms with Gasteiger partial charge in [-0.15, -0.1) is 5.10 Å². The molecule has 31 heavy (non-hydrogen) atoms. The van der Waals surface area contributed by atoms with Crippen molar-refractivity contribution >= 4 is 23.2 Å². The van der Waals surface area contributed by atoms with E-state index < -0.39 is 5.69 Å². The molecule has 4 rings (SSSR count). The van der Waals surface area contributed by atoms with Crippen molar-refractivity contribution in [2.24, 2.45) is 0 Å². The Balaban J connectivity index is 1.66. The molecule has 1 amide bonds. The normalized spacial score (nSPS) is 11.2. The number of amides is 1. The highest BCUT2D eigenvalue weighted by Crippen LogP contribution is 2.25. The highest BCUT2D eigenvalue weighted by atomic mass is 35.5. The first kappa shape index (κ1) is 20.8. The van der Waals surface area contributed by atoms with Crippen LogP contribution in [0.25, 0.3) is 28.5 Å². The minimum Gasteiger partial charge on any atom is -0.344 e. The number of aromatic nitrogens is 5. The Morgan fingerprint density at radius 2 is 2.00 bits per heavy atom. The maximum atomic E-state index is 12.8. The molecule has 0 aliphatic heterocycles. The molecule has 0 aliphatic carbocycles. The van der Waals surface area contributed by atoms with Gasteiger partial charge >= 0.3 is 5.69 Å². The predicted octanol–water partition coefficient (Wildman–Crippen LogP) is 3.12. The molecule has 0 atom stereocenters. The summed E-state index contributed by atoms with van der Waals surface area (Å²) < 4.78 is 7.94. The van der Waals surface area contributed by atoms with E-state index in [4.69, 9.17) is 16.1 Å². The fraction of sp³-hybridized carbons (Fsp3) is 0.286. The van der Waals surface area contributed by atoms with Gasteiger partial charge in [0.05, 0.1) is 5.56 Å². The molecule has 0 fully saturated rings. The molecule has 4 aromatic rings. The van der Waals surface area contributed by atoms with E-state index in [1.165, 1.54) is 4.40 Å². The smallest absolute Gasteiger partial charge is 0.344 e. The van der Waals surface area contributed by atoms with Crippen molar-refractivity contribution in [1.82, 2.24) is 29.2 Å². The molecular weight excluding hydrogens is 420 g/mol. The average molecular weight is 441 g/mol. The molecule has 0 N–H and O–H groups in total. The summed E-state index contributed by atoms with van der Waals surface area (Å²) in [6.07, 6.45) is 3.48. The van der Waals surface area contributed by atoms with Gasteiger partial charge in [0.1, 0.15) is 6.54 Å². The van der Waals surface area contributed by atoms with E-state index >= 15 is 0 Å². The monoisotopic (exact) mass is 440 g/mol. The fourth-order valence-corrected chi connectivity index (χ4v) is 3.25. The third-order valence-electron chi connectivity index (χ3n) is 4.93. The summed E-state index contributed by atoms with van der Waals surface area (Å²) in [5.41, 5.74) is 1.17. The topological polar surface area (TPSA) is 98.5 Å². The summed E-state index contributed by atoms with van der Waals surface area (Å²) in [7, 11) is 1.72. The third-order valence-corrected chi connectivity index (χ3v) is 5.18. The molecule has 0 unspecified atom stereocenters. The number of pyridine rings is 1. The second kappa shape index (κ2) is 8.73. The highest BCUT2D eigenvalue weighted by Gasteiger charge is 2.19. The van der Waals surface area contributed by atoms with E-state index in [-0.39, 0.29) is 18.3 Å². The van der Waals surface area contributed by atoms with E-state index in [9.17, 15) is 9.59 Å². The number of unbranched alkanes of at least 4 members (excludes halogenated alkanes) is 1. The van der Waals surface area contributed by atoms with Gasteiger partial charge in [0, 0.05) is 30.4 Å². The largest absolute Gasteiger partial charge is 0.350 e. The van der Waals surface area contributed by atoms with Gasteiger partial charge in [-0.2, -0.15) is 4.98 Å². The molecule has 10 heteroatoms. The zero-order valence-electron chi connectivity index (χ0n) is 17.2. The number of fused-ring (bicyclic) bond motifs is 1. The Morgan fingerprint density at radius 1 is 1.23 bits per heavy atom. The number of hydrogen-bond acceptors (Lipinski definition) is 6. The minimum atomic E-state index is -0.411. The third kappa shape index (κ3) is 4.22. The molecule has 0 spiro atoms. The van der Waals surface area contributed by atoms with Crippen molar-refractivity contribution in [3.8, 4) is 22.8 Å². The number of benzene rings is 1. The Bertz CT molecular complexity index is 1270. The maximum absolute atomic E-state index is 12.8. The van der Waals surface area contributed by atoms with E-state index in [0.29, 0.717) is 28.6 Å². The molecule has 9 nitrogen and oxygen atoms in total. The first-order valence-electron chi connectivity index (χ1n) is 9.90. The van der Waals surface area contributed by atoms with E-state index in [2.05, 4.69) is 22.2 Å². The number of carbonyl (C=O) groups is 1. The predicted molar refractivity (Wildman–Crippen MR) is 116 cm³/mol. The number of rotatable bonds is 7. The second-order valence-electron chi connectivity index (χ2n) is 7.15. The molecular formula is C21H21ClN6O3. The van der Waals surface area contributed by atoms with Crippen LogP contribution in [0.15, 0.2) is 51.9 Å². The lowest BCUT2D eigenvalue weighted by molar-refractivity contribution is -0.130. The van der Waals surface area contributed by atoms with Crippen LogP contribution in [0.3, 0.4) is 0 Å². The van der Waals surface area contributed by atoms with Crippen LogP contribution in [0, 0.1) is 0 Å². The van der Waals surface area contributed by atoms with Crippen LogP contribution >= 0.6 is 11.6 Å². The van der Waals surface area contributed by atoms with Crippen molar-refractivity contribution in [2.75, 3.05) is 13.6 Å². The molecule has 1 aromatic carbocycles. The fourth-order valence-electron chi connectivity index (χ4n) is 3.13. The van der Waals surface area contributed by atoms with Crippen LogP contribution in [0.4, 0.5) is 0 Å². The number of carbonyl (C=O) groups excluding carboxylic acids is 1. The lowest BCUT2D eigenvalue weighted by Gasteiger charge is -2.15. The standard InChI is InChI=1S/C21H21ClN6O3/c1-3-4-11-26(2)17(29)13-28-21(30)27-12-5-6-16(19(27)24-28)20-23-18(25-31-20)14-7-9-15(22)10-8-14/h5-10,12H,3-4,11,13H2,1-2H3. The summed E-state index contributed by atoms with van der Waals surface area (Å²) in [4.78, 5) is 31.2. The molecule has 0 saturated heterocycles. The van der Waals surface area contributed by atoms with Crippen LogP contribution in [0.1, 0.15) is 19.8 Å². The summed E-state index contributed by atoms with van der Waals surface area (Å²) in [5, 5.41) is 8.98. The molecule has 3 aromatic heterocycles. The SMILES string of the molecule is CCCCN(C)C(=O)Cn1nc2c(-c3nc(-c4ccc(Cl)cc4)no3)cccn2c1=O. The Morgan fingerprint density at radius 3 is 2.74 bits per heavy atom. The van der Waals surface area contributed by atoms with Crippen LogP contribution in [-0.2, 0) is 11.3 Å². The van der Waals surface area contributed by atoms with Crippen molar-refractivity contribution < 1.29 is 9.32 Å². The first-order chi connectivity index (χ1) is 15.0. The van der Waals surface area contributed by atoms with Gasteiger partial charge in [0.2, 0.25) is 11.7 Å². The van der Waals surface area contributed by atoms with Crippen LogP contribution in [0.5, 0.6) is 0 Å². The van der Waals surface area contributed by atoms with Crippen LogP contribution in [-0.4, -0.2) is 48.7 Å². The summed E-state index contributed by atoms with van der Waals surface area (Å²) in [5.74, 6) is 0.436. The second-order valence-corrected chi connectivity index (χ2v) is 7.59. The lowest BCUT2D eigenvalue weighted by atomic mass is 10.2.